The third-order valence-electron chi connectivity index (χ3n) is 6.51. The number of methoxy groups -OCH3 is 1. The summed E-state index contributed by atoms with van der Waals surface area (Å²) < 4.78 is 11.1. The number of nitrogens with zero attached hydrogens (tertiary/aromatic N) is 2. The molecule has 1 N–H and O–H groups in total. The smallest absolute Gasteiger partial charge is 0.313 e. The quantitative estimate of drug-likeness (QED) is 0.601. The molecule has 1 heterocycles. The molecule has 4 atom stereocenters. The molecule has 1 aromatic carbocycles. The summed E-state index contributed by atoms with van der Waals surface area (Å²) in [6.45, 7) is 8.18. The van der Waals surface area contributed by atoms with Crippen LogP contribution < -0.4 is 4.74 Å². The Bertz CT molecular complexity index is 858. The van der Waals surface area contributed by atoms with Gasteiger partial charge in [0, 0.05) is 24.2 Å². The van der Waals surface area contributed by atoms with Crippen molar-refractivity contribution >= 4 is 11.9 Å². The number of benzene rings is 1. The largest absolute Gasteiger partial charge is 0.497 e. The standard InChI is InChI=1S/C24H32N2O5/c1-6-19(13-25)17(3)16(2)18(4)31-15-24(23(28)29)11-12-26(14-24)22(27)20-7-9-21(30-5)10-8-20/h6-10,16-18H,11-12,14-15H2,1-5H3,(H,28,29)/b19-6-. The van der Waals surface area contributed by atoms with Crippen LogP contribution in [0.5, 0.6) is 5.75 Å². The maximum absolute atomic E-state index is 12.8. The van der Waals surface area contributed by atoms with Crippen molar-refractivity contribution < 1.29 is 24.2 Å². The number of ether oxygens (including phenoxy) is 2. The molecule has 0 aromatic heterocycles. The van der Waals surface area contributed by atoms with E-state index < -0.39 is 11.4 Å². The van der Waals surface area contributed by atoms with E-state index in [1.165, 1.54) is 0 Å². The highest BCUT2D eigenvalue weighted by Crippen LogP contribution is 2.34. The first-order chi connectivity index (χ1) is 14.7. The van der Waals surface area contributed by atoms with Gasteiger partial charge < -0.3 is 19.5 Å². The maximum Gasteiger partial charge on any atom is 0.313 e. The SMILES string of the molecule is C/C=C(/C#N)C(C)C(C)C(C)OCC1(C(=O)O)CCN(C(=O)c2ccc(OC)cc2)C1. The Hall–Kier alpha value is -2.85. The van der Waals surface area contributed by atoms with E-state index in [-0.39, 0.29) is 37.0 Å². The molecular formula is C24H32N2O5. The lowest BCUT2D eigenvalue weighted by molar-refractivity contribution is -0.154. The first-order valence-electron chi connectivity index (χ1n) is 10.5. The summed E-state index contributed by atoms with van der Waals surface area (Å²) in [7, 11) is 1.56. The predicted octanol–water partition coefficient (Wildman–Crippen LogP) is 3.76. The highest BCUT2D eigenvalue weighted by molar-refractivity contribution is 5.95. The van der Waals surface area contributed by atoms with Gasteiger partial charge in [0.05, 0.1) is 25.9 Å². The normalized spacial score (nSPS) is 21.8. The van der Waals surface area contributed by atoms with Gasteiger partial charge in [0.2, 0.25) is 0 Å². The lowest BCUT2D eigenvalue weighted by Crippen LogP contribution is -2.42. The number of carboxylic acids is 1. The minimum atomic E-state index is -1.14. The third kappa shape index (κ3) is 5.45. The van der Waals surface area contributed by atoms with Gasteiger partial charge in [-0.2, -0.15) is 5.26 Å². The zero-order valence-corrected chi connectivity index (χ0v) is 18.9. The Morgan fingerprint density at radius 3 is 2.45 bits per heavy atom. The molecule has 1 aliphatic heterocycles. The van der Waals surface area contributed by atoms with Gasteiger partial charge in [0.15, 0.2) is 0 Å². The summed E-state index contributed by atoms with van der Waals surface area (Å²) in [5.74, 6) is -0.470. The number of aliphatic carboxylic acids is 1. The molecule has 0 spiro atoms. The van der Waals surface area contributed by atoms with Crippen molar-refractivity contribution in [3.05, 3.63) is 41.5 Å². The second-order valence-electron chi connectivity index (χ2n) is 8.31. The number of allylic oxidation sites excluding steroid dienone is 2. The number of nitriles is 1. The van der Waals surface area contributed by atoms with Crippen LogP contribution in [0.1, 0.15) is 44.5 Å². The molecule has 0 bridgehead atoms. The number of carbonyl (C=O) groups excluding carboxylic acids is 1. The Morgan fingerprint density at radius 2 is 1.94 bits per heavy atom. The summed E-state index contributed by atoms with van der Waals surface area (Å²) in [5.41, 5.74) is 0.0417. The molecule has 1 aliphatic rings. The topological polar surface area (TPSA) is 99.9 Å². The third-order valence-corrected chi connectivity index (χ3v) is 6.51. The summed E-state index contributed by atoms with van der Waals surface area (Å²) in [4.78, 5) is 26.6. The molecule has 1 amide bonds. The minimum absolute atomic E-state index is 0.00232. The highest BCUT2D eigenvalue weighted by atomic mass is 16.5. The molecule has 0 aliphatic carbocycles. The van der Waals surface area contributed by atoms with E-state index in [2.05, 4.69) is 6.07 Å². The summed E-state index contributed by atoms with van der Waals surface area (Å²) in [6, 6.07) is 8.99. The van der Waals surface area contributed by atoms with Gasteiger partial charge in [0.1, 0.15) is 11.2 Å². The number of likely N-dealkylation sites (tertiary alicyclic amines) is 1. The lowest BCUT2D eigenvalue weighted by atomic mass is 9.85. The molecule has 7 heteroatoms. The lowest BCUT2D eigenvalue weighted by Gasteiger charge is -2.30. The summed E-state index contributed by atoms with van der Waals surface area (Å²) in [5, 5.41) is 19.2. The highest BCUT2D eigenvalue weighted by Gasteiger charge is 2.47. The average molecular weight is 429 g/mol. The average Bonchev–Trinajstić information content (AvgIpc) is 3.23. The van der Waals surface area contributed by atoms with Crippen molar-refractivity contribution in [2.45, 2.75) is 40.2 Å². The fourth-order valence-corrected chi connectivity index (χ4v) is 3.88. The molecule has 4 unspecified atom stereocenters. The van der Waals surface area contributed by atoms with Crippen LogP contribution in [-0.4, -0.2) is 54.8 Å². The first-order valence-corrected chi connectivity index (χ1v) is 10.5. The Kier molecular flexibility index (Phi) is 8.23. The van der Waals surface area contributed by atoms with E-state index in [0.717, 1.165) is 0 Å². The van der Waals surface area contributed by atoms with Crippen molar-refractivity contribution in [1.29, 1.82) is 5.26 Å². The molecule has 1 aromatic rings. The van der Waals surface area contributed by atoms with Crippen LogP contribution in [0.25, 0.3) is 0 Å². The van der Waals surface area contributed by atoms with Crippen LogP contribution in [0.15, 0.2) is 35.9 Å². The van der Waals surface area contributed by atoms with E-state index >= 15 is 0 Å². The number of amides is 1. The molecule has 0 saturated carbocycles. The van der Waals surface area contributed by atoms with Crippen molar-refractivity contribution in [3.63, 3.8) is 0 Å². The molecule has 1 fully saturated rings. The van der Waals surface area contributed by atoms with Crippen molar-refractivity contribution in [1.82, 2.24) is 4.90 Å². The van der Waals surface area contributed by atoms with Crippen molar-refractivity contribution in [3.8, 4) is 11.8 Å². The second kappa shape index (κ2) is 10.5. The molecule has 0 radical (unpaired) electrons. The zero-order valence-electron chi connectivity index (χ0n) is 18.9. The first kappa shape index (κ1) is 24.4. The van der Waals surface area contributed by atoms with Crippen LogP contribution in [0, 0.1) is 28.6 Å². The van der Waals surface area contributed by atoms with E-state index in [1.54, 1.807) is 42.4 Å². The van der Waals surface area contributed by atoms with Crippen LogP contribution in [0.4, 0.5) is 0 Å². The van der Waals surface area contributed by atoms with Gasteiger partial charge >= 0.3 is 5.97 Å². The van der Waals surface area contributed by atoms with Gasteiger partial charge in [-0.15, -0.1) is 0 Å². The zero-order chi connectivity index (χ0) is 23.2. The van der Waals surface area contributed by atoms with Crippen LogP contribution in [-0.2, 0) is 9.53 Å². The summed E-state index contributed by atoms with van der Waals surface area (Å²) in [6.07, 6.45) is 1.90. The predicted molar refractivity (Wildman–Crippen MR) is 117 cm³/mol. The van der Waals surface area contributed by atoms with Gasteiger partial charge in [0.25, 0.3) is 5.91 Å². The Balaban J connectivity index is 2.05. The second-order valence-corrected chi connectivity index (χ2v) is 8.31. The fraction of sp³-hybridized carbons (Fsp3) is 0.542. The van der Waals surface area contributed by atoms with Crippen LogP contribution in [0.3, 0.4) is 0 Å². The molecule has 168 valence electrons. The van der Waals surface area contributed by atoms with Gasteiger partial charge in [-0.25, -0.2) is 0 Å². The summed E-state index contributed by atoms with van der Waals surface area (Å²) >= 11 is 0. The van der Waals surface area contributed by atoms with Crippen LogP contribution >= 0.6 is 0 Å². The van der Waals surface area contributed by atoms with E-state index in [9.17, 15) is 20.0 Å². The van der Waals surface area contributed by atoms with Crippen molar-refractivity contribution in [2.75, 3.05) is 26.8 Å². The van der Waals surface area contributed by atoms with Gasteiger partial charge in [-0.05, 0) is 56.4 Å². The molecule has 7 nitrogen and oxygen atoms in total. The minimum Gasteiger partial charge on any atom is -0.497 e. The van der Waals surface area contributed by atoms with Gasteiger partial charge in [-0.1, -0.05) is 19.9 Å². The molecule has 1 saturated heterocycles. The number of hydrogen-bond donors (Lipinski definition) is 1. The Labute approximate surface area is 184 Å². The number of hydrogen-bond acceptors (Lipinski definition) is 5. The Morgan fingerprint density at radius 1 is 1.29 bits per heavy atom. The van der Waals surface area contributed by atoms with Gasteiger partial charge in [-0.3, -0.25) is 9.59 Å². The number of rotatable bonds is 9. The molecular weight excluding hydrogens is 396 g/mol. The van der Waals surface area contributed by atoms with E-state index in [1.807, 2.05) is 27.7 Å². The number of carboxylic acid groups (broad SMARTS) is 1. The maximum atomic E-state index is 12.8. The van der Waals surface area contributed by atoms with E-state index in [4.69, 9.17) is 9.47 Å². The van der Waals surface area contributed by atoms with Crippen molar-refractivity contribution in [2.24, 2.45) is 17.3 Å². The fourth-order valence-electron chi connectivity index (χ4n) is 3.88. The van der Waals surface area contributed by atoms with Crippen LogP contribution in [0.2, 0.25) is 0 Å². The molecule has 2 rings (SSSR count). The van der Waals surface area contributed by atoms with E-state index in [0.29, 0.717) is 29.9 Å². The number of carbonyl (C=O) groups is 2. The monoisotopic (exact) mass is 428 g/mol. The molecule has 31 heavy (non-hydrogen) atoms.